The summed E-state index contributed by atoms with van der Waals surface area (Å²) in [6.07, 6.45) is 0.808. The third-order valence-corrected chi connectivity index (χ3v) is 5.00. The van der Waals surface area contributed by atoms with Crippen LogP contribution in [0.2, 0.25) is 5.02 Å². The first kappa shape index (κ1) is 12.8. The van der Waals surface area contributed by atoms with Crippen molar-refractivity contribution < 1.29 is 8.42 Å². The third-order valence-electron chi connectivity index (χ3n) is 2.83. The molecule has 1 aromatic carbocycles. The summed E-state index contributed by atoms with van der Waals surface area (Å²) < 4.78 is 26.9. The maximum absolute atomic E-state index is 12.1. The molecule has 0 spiro atoms. The van der Waals surface area contributed by atoms with Crippen LogP contribution in [0.3, 0.4) is 0 Å². The van der Waals surface area contributed by atoms with Crippen molar-refractivity contribution in [2.24, 2.45) is 0 Å². The molecule has 1 atom stereocenters. The highest BCUT2D eigenvalue weighted by Gasteiger charge is 2.24. The first-order valence-electron chi connectivity index (χ1n) is 5.49. The monoisotopic (exact) mass is 274 g/mol. The standard InChI is InChI=1S/C11H15ClN2O2S/c1-8-3-2-4-10(11(8)12)17(15,16)14-9-5-6-13-7-9/h2-4,9,13-14H,5-7H2,1H3/t9-/m1/s1. The molecule has 1 aliphatic heterocycles. The minimum absolute atomic E-state index is 0.0448. The summed E-state index contributed by atoms with van der Waals surface area (Å²) in [5.74, 6) is 0. The smallest absolute Gasteiger partial charge is 0.242 e. The number of benzene rings is 1. The molecular weight excluding hydrogens is 260 g/mol. The molecule has 2 N–H and O–H groups in total. The Bertz CT molecular complexity index is 510. The fourth-order valence-electron chi connectivity index (χ4n) is 1.87. The van der Waals surface area contributed by atoms with Crippen molar-refractivity contribution in [1.82, 2.24) is 10.0 Å². The maximum Gasteiger partial charge on any atom is 0.242 e. The summed E-state index contributed by atoms with van der Waals surface area (Å²) in [7, 11) is -3.52. The number of hydrogen-bond acceptors (Lipinski definition) is 3. The van der Waals surface area contributed by atoms with E-state index in [1.807, 2.05) is 0 Å². The highest BCUT2D eigenvalue weighted by molar-refractivity contribution is 7.89. The number of aryl methyl sites for hydroxylation is 1. The average Bonchev–Trinajstić information content (AvgIpc) is 2.73. The van der Waals surface area contributed by atoms with Gasteiger partial charge < -0.3 is 5.32 Å². The molecule has 1 aromatic rings. The Morgan fingerprint density at radius 2 is 2.24 bits per heavy atom. The van der Waals surface area contributed by atoms with Crippen LogP contribution >= 0.6 is 11.6 Å². The van der Waals surface area contributed by atoms with E-state index in [4.69, 9.17) is 11.6 Å². The van der Waals surface area contributed by atoms with Crippen molar-refractivity contribution in [2.45, 2.75) is 24.3 Å². The lowest BCUT2D eigenvalue weighted by Gasteiger charge is -2.13. The van der Waals surface area contributed by atoms with Crippen LogP contribution < -0.4 is 10.0 Å². The van der Waals surface area contributed by atoms with E-state index >= 15 is 0 Å². The zero-order valence-corrected chi connectivity index (χ0v) is 11.1. The minimum atomic E-state index is -3.52. The molecule has 1 aliphatic rings. The van der Waals surface area contributed by atoms with Gasteiger partial charge in [-0.2, -0.15) is 0 Å². The summed E-state index contributed by atoms with van der Waals surface area (Å²) in [6.45, 7) is 3.30. The van der Waals surface area contributed by atoms with Gasteiger partial charge in [-0.15, -0.1) is 0 Å². The summed E-state index contributed by atoms with van der Waals surface area (Å²) in [4.78, 5) is 0.158. The van der Waals surface area contributed by atoms with Gasteiger partial charge in [0.25, 0.3) is 0 Å². The number of hydrogen-bond donors (Lipinski definition) is 2. The highest BCUT2D eigenvalue weighted by Crippen LogP contribution is 2.24. The van der Waals surface area contributed by atoms with Crippen molar-refractivity contribution in [3.05, 3.63) is 28.8 Å². The van der Waals surface area contributed by atoms with Gasteiger partial charge in [-0.05, 0) is 31.5 Å². The topological polar surface area (TPSA) is 58.2 Å². The maximum atomic E-state index is 12.1. The zero-order chi connectivity index (χ0) is 12.5. The highest BCUT2D eigenvalue weighted by atomic mass is 35.5. The quantitative estimate of drug-likeness (QED) is 0.873. The van der Waals surface area contributed by atoms with Gasteiger partial charge >= 0.3 is 0 Å². The van der Waals surface area contributed by atoms with Crippen molar-refractivity contribution in [3.8, 4) is 0 Å². The van der Waals surface area contributed by atoms with Crippen LogP contribution in [-0.4, -0.2) is 27.5 Å². The second-order valence-electron chi connectivity index (χ2n) is 4.20. The Hall–Kier alpha value is -0.620. The summed E-state index contributed by atoms with van der Waals surface area (Å²) in [6, 6.07) is 4.97. The van der Waals surface area contributed by atoms with Crippen molar-refractivity contribution in [2.75, 3.05) is 13.1 Å². The lowest BCUT2D eigenvalue weighted by atomic mass is 10.2. The van der Waals surface area contributed by atoms with Gasteiger partial charge in [0, 0.05) is 12.6 Å². The Morgan fingerprint density at radius 1 is 1.47 bits per heavy atom. The molecule has 0 bridgehead atoms. The van der Waals surface area contributed by atoms with E-state index in [1.54, 1.807) is 19.1 Å². The molecule has 1 heterocycles. The van der Waals surface area contributed by atoms with Gasteiger partial charge in [-0.3, -0.25) is 0 Å². The van der Waals surface area contributed by atoms with Crippen molar-refractivity contribution in [1.29, 1.82) is 0 Å². The predicted octanol–water partition coefficient (Wildman–Crippen LogP) is 1.29. The van der Waals surface area contributed by atoms with Gasteiger partial charge in [0.05, 0.1) is 5.02 Å². The predicted molar refractivity (Wildman–Crippen MR) is 67.8 cm³/mol. The van der Waals surface area contributed by atoms with E-state index in [9.17, 15) is 8.42 Å². The molecule has 94 valence electrons. The fourth-order valence-corrected chi connectivity index (χ4v) is 3.72. The van der Waals surface area contributed by atoms with E-state index in [1.165, 1.54) is 6.07 Å². The molecule has 0 unspecified atom stereocenters. The first-order valence-corrected chi connectivity index (χ1v) is 7.35. The molecule has 1 saturated heterocycles. The van der Waals surface area contributed by atoms with Crippen LogP contribution in [0.25, 0.3) is 0 Å². The van der Waals surface area contributed by atoms with Gasteiger partial charge in [-0.25, -0.2) is 13.1 Å². The second kappa shape index (κ2) is 4.94. The van der Waals surface area contributed by atoms with Crippen LogP contribution in [0.4, 0.5) is 0 Å². The Labute approximate surface area is 106 Å². The van der Waals surface area contributed by atoms with E-state index in [0.29, 0.717) is 11.6 Å². The van der Waals surface area contributed by atoms with Crippen molar-refractivity contribution in [3.63, 3.8) is 0 Å². The van der Waals surface area contributed by atoms with E-state index < -0.39 is 10.0 Å². The van der Waals surface area contributed by atoms with Crippen LogP contribution in [0.15, 0.2) is 23.1 Å². The molecule has 0 aromatic heterocycles. The van der Waals surface area contributed by atoms with Crippen LogP contribution in [0, 0.1) is 6.92 Å². The lowest BCUT2D eigenvalue weighted by Crippen LogP contribution is -2.36. The van der Waals surface area contributed by atoms with Crippen LogP contribution in [0.1, 0.15) is 12.0 Å². The Balaban J connectivity index is 2.28. The Morgan fingerprint density at radius 3 is 2.88 bits per heavy atom. The van der Waals surface area contributed by atoms with E-state index in [0.717, 1.165) is 18.5 Å². The second-order valence-corrected chi connectivity index (χ2v) is 6.26. The molecule has 0 radical (unpaired) electrons. The third kappa shape index (κ3) is 2.80. The van der Waals surface area contributed by atoms with Crippen molar-refractivity contribution >= 4 is 21.6 Å². The summed E-state index contributed by atoms with van der Waals surface area (Å²) in [5, 5.41) is 3.41. The zero-order valence-electron chi connectivity index (χ0n) is 9.53. The fraction of sp³-hybridized carbons (Fsp3) is 0.455. The molecule has 6 heteroatoms. The molecule has 0 saturated carbocycles. The summed E-state index contributed by atoms with van der Waals surface area (Å²) >= 11 is 6.03. The first-order chi connectivity index (χ1) is 8.00. The van der Waals surface area contributed by atoms with E-state index in [-0.39, 0.29) is 10.9 Å². The summed E-state index contributed by atoms with van der Waals surface area (Å²) in [5.41, 5.74) is 0.763. The molecule has 17 heavy (non-hydrogen) atoms. The van der Waals surface area contributed by atoms with Gasteiger partial charge in [0.15, 0.2) is 0 Å². The van der Waals surface area contributed by atoms with Gasteiger partial charge in [0.1, 0.15) is 4.90 Å². The largest absolute Gasteiger partial charge is 0.315 e. The SMILES string of the molecule is Cc1cccc(S(=O)(=O)N[C@@H]2CCNC2)c1Cl. The number of nitrogens with one attached hydrogen (secondary N) is 2. The Kier molecular flexibility index (Phi) is 3.73. The lowest BCUT2D eigenvalue weighted by molar-refractivity contribution is 0.560. The molecule has 0 amide bonds. The molecule has 4 nitrogen and oxygen atoms in total. The van der Waals surface area contributed by atoms with Gasteiger partial charge in [0.2, 0.25) is 10.0 Å². The number of sulfonamides is 1. The van der Waals surface area contributed by atoms with Crippen LogP contribution in [0.5, 0.6) is 0 Å². The molecule has 0 aliphatic carbocycles. The minimum Gasteiger partial charge on any atom is -0.315 e. The average molecular weight is 275 g/mol. The number of rotatable bonds is 3. The molecule has 2 rings (SSSR count). The normalized spacial score (nSPS) is 20.7. The number of halogens is 1. The van der Waals surface area contributed by atoms with Gasteiger partial charge in [-0.1, -0.05) is 23.7 Å². The van der Waals surface area contributed by atoms with E-state index in [2.05, 4.69) is 10.0 Å². The molecule has 1 fully saturated rings. The molecular formula is C11H15ClN2O2S. The van der Waals surface area contributed by atoms with Crippen LogP contribution in [-0.2, 0) is 10.0 Å².